The normalized spacial score (nSPS) is 10.0. The first-order valence-electron chi connectivity index (χ1n) is 5.77. The Labute approximate surface area is 107 Å². The molecule has 18 heavy (non-hydrogen) atoms. The number of hydrogen-bond acceptors (Lipinski definition) is 5. The third-order valence-electron chi connectivity index (χ3n) is 2.28. The topological polar surface area (TPSA) is 77.5 Å². The van der Waals surface area contributed by atoms with Crippen molar-refractivity contribution in [2.45, 2.75) is 6.42 Å². The number of nitrogen functional groups attached to an aromatic ring is 1. The van der Waals surface area contributed by atoms with Crippen LogP contribution < -0.4 is 10.5 Å². The molecule has 5 nitrogen and oxygen atoms in total. The minimum absolute atomic E-state index is 0.434. The van der Waals surface area contributed by atoms with Gasteiger partial charge in [-0.1, -0.05) is 0 Å². The third-order valence-corrected chi connectivity index (χ3v) is 2.28. The second-order valence-corrected chi connectivity index (χ2v) is 3.67. The van der Waals surface area contributed by atoms with E-state index in [0.29, 0.717) is 43.4 Å². The number of nitriles is 1. The van der Waals surface area contributed by atoms with Gasteiger partial charge in [0.2, 0.25) is 0 Å². The van der Waals surface area contributed by atoms with Gasteiger partial charge in [0.15, 0.2) is 0 Å². The monoisotopic (exact) mass is 250 g/mol. The van der Waals surface area contributed by atoms with Crippen LogP contribution in [-0.4, -0.2) is 33.5 Å². The van der Waals surface area contributed by atoms with Crippen LogP contribution in [-0.2, 0) is 9.47 Å². The molecule has 0 aromatic heterocycles. The molecule has 1 rings (SSSR count). The SMILES string of the molecule is COCCOCCCOc1ccc(N)c(C#N)c1. The fourth-order valence-electron chi connectivity index (χ4n) is 1.32. The van der Waals surface area contributed by atoms with Gasteiger partial charge in [0.1, 0.15) is 11.8 Å². The lowest BCUT2D eigenvalue weighted by molar-refractivity contribution is 0.0644. The molecule has 0 aliphatic rings. The third kappa shape index (κ3) is 5.04. The molecule has 0 saturated carbocycles. The molecule has 0 bridgehead atoms. The lowest BCUT2D eigenvalue weighted by atomic mass is 10.2. The fourth-order valence-corrected chi connectivity index (χ4v) is 1.32. The fraction of sp³-hybridized carbons (Fsp3) is 0.462. The Balaban J connectivity index is 2.22. The average molecular weight is 250 g/mol. The molecule has 0 heterocycles. The summed E-state index contributed by atoms with van der Waals surface area (Å²) in [6.07, 6.45) is 0.788. The predicted octanol–water partition coefficient (Wildman–Crippen LogP) is 1.57. The number of ether oxygens (including phenoxy) is 3. The molecule has 0 atom stereocenters. The van der Waals surface area contributed by atoms with E-state index < -0.39 is 0 Å². The van der Waals surface area contributed by atoms with E-state index in [-0.39, 0.29) is 0 Å². The van der Waals surface area contributed by atoms with Crippen molar-refractivity contribution in [3.05, 3.63) is 23.8 Å². The Morgan fingerprint density at radius 1 is 1.22 bits per heavy atom. The van der Waals surface area contributed by atoms with Crippen LogP contribution in [0, 0.1) is 11.3 Å². The van der Waals surface area contributed by atoms with Crippen molar-refractivity contribution in [3.63, 3.8) is 0 Å². The van der Waals surface area contributed by atoms with Gasteiger partial charge in [-0.15, -0.1) is 0 Å². The molecule has 0 saturated heterocycles. The highest BCUT2D eigenvalue weighted by Crippen LogP contribution is 2.18. The summed E-state index contributed by atoms with van der Waals surface area (Å²) in [6, 6.07) is 7.08. The Kier molecular flexibility index (Phi) is 6.62. The molecule has 0 aliphatic carbocycles. The number of nitrogens with two attached hydrogens (primary N) is 1. The van der Waals surface area contributed by atoms with Gasteiger partial charge < -0.3 is 19.9 Å². The highest BCUT2D eigenvalue weighted by Gasteiger charge is 2.00. The zero-order valence-corrected chi connectivity index (χ0v) is 10.5. The van der Waals surface area contributed by atoms with E-state index in [1.54, 1.807) is 25.3 Å². The van der Waals surface area contributed by atoms with Crippen LogP contribution in [0.25, 0.3) is 0 Å². The molecule has 98 valence electrons. The second kappa shape index (κ2) is 8.34. The number of rotatable bonds is 8. The van der Waals surface area contributed by atoms with Gasteiger partial charge in [0.25, 0.3) is 0 Å². The van der Waals surface area contributed by atoms with Crippen molar-refractivity contribution >= 4 is 5.69 Å². The zero-order valence-electron chi connectivity index (χ0n) is 10.5. The number of nitrogens with zero attached hydrogens (tertiary/aromatic N) is 1. The average Bonchev–Trinajstić information content (AvgIpc) is 2.39. The first-order valence-corrected chi connectivity index (χ1v) is 5.77. The number of methoxy groups -OCH3 is 1. The molecule has 0 spiro atoms. The van der Waals surface area contributed by atoms with Gasteiger partial charge in [0, 0.05) is 25.8 Å². The van der Waals surface area contributed by atoms with Gasteiger partial charge >= 0.3 is 0 Å². The van der Waals surface area contributed by atoms with Gasteiger partial charge in [-0.05, 0) is 18.2 Å². The van der Waals surface area contributed by atoms with Crippen molar-refractivity contribution in [1.29, 1.82) is 5.26 Å². The lowest BCUT2D eigenvalue weighted by Gasteiger charge is -2.07. The van der Waals surface area contributed by atoms with Gasteiger partial charge in [-0.2, -0.15) is 5.26 Å². The summed E-state index contributed by atoms with van der Waals surface area (Å²) in [5.41, 5.74) is 6.51. The van der Waals surface area contributed by atoms with Crippen LogP contribution in [0.4, 0.5) is 5.69 Å². The maximum atomic E-state index is 8.82. The van der Waals surface area contributed by atoms with Crippen molar-refractivity contribution < 1.29 is 14.2 Å². The predicted molar refractivity (Wildman–Crippen MR) is 68.4 cm³/mol. The first-order chi connectivity index (χ1) is 8.77. The Hall–Kier alpha value is -1.77. The quantitative estimate of drug-likeness (QED) is 0.559. The number of benzene rings is 1. The van der Waals surface area contributed by atoms with E-state index in [1.165, 1.54) is 0 Å². The molecule has 1 aromatic rings. The van der Waals surface area contributed by atoms with E-state index in [0.717, 1.165) is 6.42 Å². The minimum atomic E-state index is 0.434. The van der Waals surface area contributed by atoms with Crippen LogP contribution in [0.1, 0.15) is 12.0 Å². The molecule has 0 aliphatic heterocycles. The molecular weight excluding hydrogens is 232 g/mol. The van der Waals surface area contributed by atoms with E-state index in [2.05, 4.69) is 0 Å². The molecule has 2 N–H and O–H groups in total. The summed E-state index contributed by atoms with van der Waals surface area (Å²) >= 11 is 0. The first kappa shape index (κ1) is 14.3. The van der Waals surface area contributed by atoms with Gasteiger partial charge in [-0.3, -0.25) is 0 Å². The molecule has 0 radical (unpaired) electrons. The lowest BCUT2D eigenvalue weighted by Crippen LogP contribution is -2.07. The number of anilines is 1. The summed E-state index contributed by atoms with van der Waals surface area (Å²) in [5.74, 6) is 0.651. The summed E-state index contributed by atoms with van der Waals surface area (Å²) in [6.45, 7) is 2.37. The molecule has 0 amide bonds. The second-order valence-electron chi connectivity index (χ2n) is 3.67. The summed E-state index contributed by atoms with van der Waals surface area (Å²) in [5, 5.41) is 8.82. The Bertz CT molecular complexity index is 402. The number of hydrogen-bond donors (Lipinski definition) is 1. The van der Waals surface area contributed by atoms with Crippen LogP contribution in [0.3, 0.4) is 0 Å². The Morgan fingerprint density at radius 3 is 2.78 bits per heavy atom. The van der Waals surface area contributed by atoms with Crippen molar-refractivity contribution in [2.24, 2.45) is 0 Å². The summed E-state index contributed by atoms with van der Waals surface area (Å²) < 4.78 is 15.6. The van der Waals surface area contributed by atoms with E-state index in [1.807, 2.05) is 6.07 Å². The zero-order chi connectivity index (χ0) is 13.2. The summed E-state index contributed by atoms with van der Waals surface area (Å²) in [7, 11) is 1.64. The van der Waals surface area contributed by atoms with Crippen LogP contribution in [0.5, 0.6) is 5.75 Å². The molecular formula is C13H18N2O3. The van der Waals surface area contributed by atoms with Crippen molar-refractivity contribution in [1.82, 2.24) is 0 Å². The molecule has 5 heteroatoms. The molecule has 0 unspecified atom stereocenters. The standard InChI is InChI=1S/C13H18N2O3/c1-16-7-8-17-5-2-6-18-12-3-4-13(15)11(9-12)10-14/h3-4,9H,2,5-8,15H2,1H3. The van der Waals surface area contributed by atoms with Crippen LogP contribution in [0.2, 0.25) is 0 Å². The molecule has 0 fully saturated rings. The largest absolute Gasteiger partial charge is 0.493 e. The van der Waals surface area contributed by atoms with Crippen LogP contribution in [0.15, 0.2) is 18.2 Å². The Morgan fingerprint density at radius 2 is 2.06 bits per heavy atom. The smallest absolute Gasteiger partial charge is 0.120 e. The molecule has 1 aromatic carbocycles. The van der Waals surface area contributed by atoms with E-state index in [4.69, 9.17) is 25.2 Å². The van der Waals surface area contributed by atoms with E-state index in [9.17, 15) is 0 Å². The minimum Gasteiger partial charge on any atom is -0.493 e. The van der Waals surface area contributed by atoms with Crippen molar-refractivity contribution in [3.8, 4) is 11.8 Å². The van der Waals surface area contributed by atoms with Crippen LogP contribution >= 0.6 is 0 Å². The highest BCUT2D eigenvalue weighted by molar-refractivity contribution is 5.56. The van der Waals surface area contributed by atoms with Gasteiger partial charge in [-0.25, -0.2) is 0 Å². The highest BCUT2D eigenvalue weighted by atomic mass is 16.5. The van der Waals surface area contributed by atoms with Crippen molar-refractivity contribution in [2.75, 3.05) is 39.3 Å². The summed E-state index contributed by atoms with van der Waals surface area (Å²) in [4.78, 5) is 0. The van der Waals surface area contributed by atoms with E-state index >= 15 is 0 Å². The van der Waals surface area contributed by atoms with Gasteiger partial charge in [0.05, 0.1) is 25.4 Å². The maximum absolute atomic E-state index is 8.82. The maximum Gasteiger partial charge on any atom is 0.120 e.